The Morgan fingerprint density at radius 1 is 1.12 bits per heavy atom. The Bertz CT molecular complexity index is 949. The minimum atomic E-state index is -0.425. The maximum atomic E-state index is 11.8. The zero-order chi connectivity index (χ0) is 25.1. The zero-order valence-electron chi connectivity index (χ0n) is 20.2. The highest BCUT2D eigenvalue weighted by Crippen LogP contribution is 2.33. The van der Waals surface area contributed by atoms with Gasteiger partial charge in [0.15, 0.2) is 0 Å². The van der Waals surface area contributed by atoms with E-state index in [0.717, 1.165) is 35.1 Å². The molecule has 0 fully saturated rings. The van der Waals surface area contributed by atoms with Crippen molar-refractivity contribution in [1.29, 1.82) is 0 Å². The molecule has 0 saturated carbocycles. The first-order valence-electron chi connectivity index (χ1n) is 11.6. The van der Waals surface area contributed by atoms with Crippen LogP contribution < -0.4 is 15.8 Å². The van der Waals surface area contributed by atoms with Gasteiger partial charge >= 0.3 is 0 Å². The van der Waals surface area contributed by atoms with Gasteiger partial charge in [0, 0.05) is 42.7 Å². The second kappa shape index (κ2) is 13.9. The monoisotopic (exact) mass is 488 g/mol. The number of aliphatic hydroxyl groups excluding tert-OH is 1. The number of primary amides is 1. The van der Waals surface area contributed by atoms with E-state index in [9.17, 15) is 19.8 Å². The van der Waals surface area contributed by atoms with Crippen LogP contribution in [0.25, 0.3) is 0 Å². The molecule has 2 atom stereocenters. The number of benzene rings is 2. The normalized spacial score (nSPS) is 12.7. The maximum absolute atomic E-state index is 11.8. The number of phenols is 1. The summed E-state index contributed by atoms with van der Waals surface area (Å²) in [5, 5.41) is 22.1. The van der Waals surface area contributed by atoms with Crippen LogP contribution in [-0.4, -0.2) is 45.9 Å². The average molecular weight is 489 g/mol. The second-order valence-electron chi connectivity index (χ2n) is 8.47. The lowest BCUT2D eigenvalue weighted by Crippen LogP contribution is -2.27. The molecule has 0 aliphatic heterocycles. The van der Waals surface area contributed by atoms with Crippen LogP contribution in [0.5, 0.6) is 11.5 Å². The third kappa shape index (κ3) is 9.65. The quantitative estimate of drug-likeness (QED) is 0.302. The lowest BCUT2D eigenvalue weighted by atomic mass is 9.97. The molecule has 0 saturated heterocycles. The summed E-state index contributed by atoms with van der Waals surface area (Å²) in [5.41, 5.74) is 9.13. The van der Waals surface area contributed by atoms with Crippen molar-refractivity contribution < 1.29 is 24.5 Å². The highest BCUT2D eigenvalue weighted by atomic mass is 32.2. The fourth-order valence-electron chi connectivity index (χ4n) is 3.57. The molecule has 0 aliphatic carbocycles. The van der Waals surface area contributed by atoms with Gasteiger partial charge in [-0.2, -0.15) is 0 Å². The van der Waals surface area contributed by atoms with Crippen LogP contribution in [0.15, 0.2) is 36.4 Å². The molecule has 7 nitrogen and oxygen atoms in total. The van der Waals surface area contributed by atoms with Gasteiger partial charge in [-0.15, -0.1) is 11.8 Å². The van der Waals surface area contributed by atoms with Crippen molar-refractivity contribution >= 4 is 23.6 Å². The standard InChI is InChI=1S/C26H36N2O5S/c1-17-13-22(30)15-24(33-19(3)34-18(2)16-29)23(17)14-21-9-7-20(8-10-21)5-4-6-26(32)28-12-11-25(27)31/h7-10,13,15,18-19,29-30H,4-6,11-12,14,16H2,1-3H3,(H2,27,31)(H,28,32)/t18-,19+/m0/s1. The number of nitrogens with one attached hydrogen (secondary N) is 1. The van der Waals surface area contributed by atoms with Crippen LogP contribution in [0.1, 0.15) is 55.4 Å². The van der Waals surface area contributed by atoms with Gasteiger partial charge in [0.05, 0.1) is 6.61 Å². The van der Waals surface area contributed by atoms with Crippen LogP contribution in [0, 0.1) is 6.92 Å². The summed E-state index contributed by atoms with van der Waals surface area (Å²) in [5.74, 6) is 0.312. The highest BCUT2D eigenvalue weighted by Gasteiger charge is 2.16. The summed E-state index contributed by atoms with van der Waals surface area (Å²) >= 11 is 1.54. The van der Waals surface area contributed by atoms with Gasteiger partial charge in [0.1, 0.15) is 16.9 Å². The van der Waals surface area contributed by atoms with Crippen LogP contribution in [-0.2, 0) is 22.4 Å². The Labute approximate surface area is 206 Å². The Hall–Kier alpha value is -2.71. The van der Waals surface area contributed by atoms with Gasteiger partial charge in [-0.05, 0) is 49.4 Å². The SMILES string of the molecule is Cc1cc(O)cc(O[C@@H](C)S[C@@H](C)CO)c1Cc1ccc(CCCC(=O)NCCC(N)=O)cc1. The van der Waals surface area contributed by atoms with Crippen molar-refractivity contribution in [1.82, 2.24) is 5.32 Å². The third-order valence-electron chi connectivity index (χ3n) is 5.36. The van der Waals surface area contributed by atoms with Crippen LogP contribution in [0.2, 0.25) is 0 Å². The number of nitrogens with two attached hydrogens (primary N) is 1. The molecule has 34 heavy (non-hydrogen) atoms. The highest BCUT2D eigenvalue weighted by molar-refractivity contribution is 8.00. The van der Waals surface area contributed by atoms with Crippen molar-refractivity contribution in [2.45, 2.75) is 63.6 Å². The Morgan fingerprint density at radius 2 is 1.79 bits per heavy atom. The van der Waals surface area contributed by atoms with Crippen LogP contribution in [0.4, 0.5) is 0 Å². The maximum Gasteiger partial charge on any atom is 0.220 e. The molecule has 2 aromatic carbocycles. The summed E-state index contributed by atoms with van der Waals surface area (Å²) in [4.78, 5) is 22.5. The van der Waals surface area contributed by atoms with Gasteiger partial charge < -0.3 is 26.0 Å². The molecular weight excluding hydrogens is 452 g/mol. The van der Waals surface area contributed by atoms with Gasteiger partial charge in [0.2, 0.25) is 11.8 Å². The summed E-state index contributed by atoms with van der Waals surface area (Å²) < 4.78 is 6.12. The van der Waals surface area contributed by atoms with Crippen LogP contribution in [0.3, 0.4) is 0 Å². The van der Waals surface area contributed by atoms with Crippen molar-refractivity contribution in [3.05, 3.63) is 58.7 Å². The fraction of sp³-hybridized carbons (Fsp3) is 0.462. The van der Waals surface area contributed by atoms with E-state index in [1.807, 2.05) is 20.8 Å². The minimum absolute atomic E-state index is 0.0608. The largest absolute Gasteiger partial charge is 0.508 e. The van der Waals surface area contributed by atoms with E-state index in [1.165, 1.54) is 11.8 Å². The third-order valence-corrected chi connectivity index (χ3v) is 6.45. The fourth-order valence-corrected chi connectivity index (χ4v) is 4.47. The van der Waals surface area contributed by atoms with Crippen molar-refractivity contribution in [3.8, 4) is 11.5 Å². The van der Waals surface area contributed by atoms with E-state index in [2.05, 4.69) is 29.6 Å². The van der Waals surface area contributed by atoms with Crippen molar-refractivity contribution in [3.63, 3.8) is 0 Å². The number of amides is 2. The molecule has 0 bridgehead atoms. The van der Waals surface area contributed by atoms with E-state index >= 15 is 0 Å². The summed E-state index contributed by atoms with van der Waals surface area (Å²) in [6.07, 6.45) is 2.72. The molecule has 0 aliphatic rings. The number of thioether (sulfide) groups is 1. The Balaban J connectivity index is 1.95. The first-order chi connectivity index (χ1) is 16.2. The zero-order valence-corrected chi connectivity index (χ0v) is 21.0. The average Bonchev–Trinajstić information content (AvgIpc) is 2.76. The molecule has 2 amide bonds. The number of rotatable bonds is 14. The van der Waals surface area contributed by atoms with Gasteiger partial charge in [-0.1, -0.05) is 31.2 Å². The lowest BCUT2D eigenvalue weighted by molar-refractivity contribution is -0.121. The topological polar surface area (TPSA) is 122 Å². The van der Waals surface area contributed by atoms with E-state index in [-0.39, 0.29) is 41.9 Å². The molecule has 186 valence electrons. The summed E-state index contributed by atoms with van der Waals surface area (Å²) in [6.45, 7) is 6.20. The number of aliphatic hydroxyl groups is 1. The lowest BCUT2D eigenvalue weighted by Gasteiger charge is -2.21. The van der Waals surface area contributed by atoms with Crippen molar-refractivity contribution in [2.24, 2.45) is 5.73 Å². The first-order valence-corrected chi connectivity index (χ1v) is 12.5. The molecule has 0 unspecified atom stereocenters. The van der Waals surface area contributed by atoms with E-state index < -0.39 is 5.91 Å². The van der Waals surface area contributed by atoms with Gasteiger partial charge in [-0.3, -0.25) is 9.59 Å². The van der Waals surface area contributed by atoms with Gasteiger partial charge in [0.25, 0.3) is 0 Å². The number of carbonyl (C=O) groups excluding carboxylic acids is 2. The smallest absolute Gasteiger partial charge is 0.220 e. The molecule has 2 aromatic rings. The Morgan fingerprint density at radius 3 is 2.44 bits per heavy atom. The van der Waals surface area contributed by atoms with E-state index in [4.69, 9.17) is 10.5 Å². The second-order valence-corrected chi connectivity index (χ2v) is 10.2. The number of hydrogen-bond acceptors (Lipinski definition) is 6. The number of hydrogen-bond donors (Lipinski definition) is 4. The number of carbonyl (C=O) groups is 2. The van der Waals surface area contributed by atoms with Gasteiger partial charge in [-0.25, -0.2) is 0 Å². The molecule has 5 N–H and O–H groups in total. The molecule has 8 heteroatoms. The summed E-state index contributed by atoms with van der Waals surface area (Å²) in [7, 11) is 0. The predicted octanol–water partition coefficient (Wildman–Crippen LogP) is 3.44. The molecule has 0 spiro atoms. The molecule has 0 aromatic heterocycles. The van der Waals surface area contributed by atoms with Crippen molar-refractivity contribution in [2.75, 3.05) is 13.2 Å². The number of aromatic hydroxyl groups is 1. The van der Waals surface area contributed by atoms with E-state index in [0.29, 0.717) is 18.6 Å². The first kappa shape index (κ1) is 27.5. The van der Waals surface area contributed by atoms with E-state index in [1.54, 1.807) is 12.1 Å². The minimum Gasteiger partial charge on any atom is -0.508 e. The molecule has 0 radical (unpaired) electrons. The Kier molecular flexibility index (Phi) is 11.2. The molecular formula is C26H36N2O5S. The number of phenolic OH excluding ortho intramolecular Hbond substituents is 1. The molecule has 0 heterocycles. The predicted molar refractivity (Wildman–Crippen MR) is 136 cm³/mol. The number of aryl methyl sites for hydroxylation is 2. The molecule has 2 rings (SSSR count). The summed E-state index contributed by atoms with van der Waals surface area (Å²) in [6, 6.07) is 11.7. The number of ether oxygens (including phenoxy) is 1. The van der Waals surface area contributed by atoms with Crippen LogP contribution >= 0.6 is 11.8 Å².